The van der Waals surface area contributed by atoms with Gasteiger partial charge in [-0.25, -0.2) is 9.59 Å². The molecule has 0 aromatic heterocycles. The van der Waals surface area contributed by atoms with Gasteiger partial charge in [-0.1, -0.05) is 54.6 Å². The zero-order chi connectivity index (χ0) is 29.7. The van der Waals surface area contributed by atoms with E-state index in [1.165, 1.54) is 14.2 Å². The summed E-state index contributed by atoms with van der Waals surface area (Å²) in [4.78, 5) is 37.4. The number of carbonyl (C=O) groups excluding carboxylic acids is 3. The topological polar surface area (TPSA) is 82.1 Å². The van der Waals surface area contributed by atoms with Crippen LogP contribution in [0.1, 0.15) is 63.1 Å². The lowest BCUT2D eigenvalue weighted by Crippen LogP contribution is -2.26. The fraction of sp³-hybridized carbons (Fsp3) is 0.343. The van der Waals surface area contributed by atoms with Crippen molar-refractivity contribution in [1.29, 1.82) is 0 Å². The molecule has 0 radical (unpaired) electrons. The van der Waals surface area contributed by atoms with Crippen LogP contribution in [0.15, 0.2) is 78.9 Å². The zero-order valence-corrected chi connectivity index (χ0v) is 24.4. The van der Waals surface area contributed by atoms with Crippen LogP contribution in [0, 0.1) is 5.92 Å². The SMILES string of the molecule is COC(=O)c1ccc(CCC(C=Cc2ccccc2OCCCN2CCCC2=O)Cc2ccc(C(=O)OC)cc2)cc1. The molecule has 7 nitrogen and oxygen atoms in total. The molecule has 1 atom stereocenters. The summed E-state index contributed by atoms with van der Waals surface area (Å²) in [5.41, 5.74) is 4.33. The summed E-state index contributed by atoms with van der Waals surface area (Å²) in [7, 11) is 2.76. The van der Waals surface area contributed by atoms with Gasteiger partial charge in [-0.3, -0.25) is 4.79 Å². The summed E-state index contributed by atoms with van der Waals surface area (Å²) in [6.07, 6.45) is 9.26. The van der Waals surface area contributed by atoms with Gasteiger partial charge in [-0.2, -0.15) is 0 Å². The minimum atomic E-state index is -0.350. The molecule has 0 saturated carbocycles. The first-order valence-corrected chi connectivity index (χ1v) is 14.5. The average Bonchev–Trinajstić information content (AvgIpc) is 3.45. The van der Waals surface area contributed by atoms with Crippen molar-refractivity contribution in [3.63, 3.8) is 0 Å². The molecule has 1 saturated heterocycles. The predicted octanol–water partition coefficient (Wildman–Crippen LogP) is 6.16. The molecule has 7 heteroatoms. The predicted molar refractivity (Wildman–Crippen MR) is 162 cm³/mol. The summed E-state index contributed by atoms with van der Waals surface area (Å²) < 4.78 is 15.8. The number of carbonyl (C=O) groups is 3. The van der Waals surface area contributed by atoms with Crippen LogP contribution in [0.5, 0.6) is 5.75 Å². The second-order valence-electron chi connectivity index (χ2n) is 10.5. The Hall–Kier alpha value is -4.39. The summed E-state index contributed by atoms with van der Waals surface area (Å²) in [5.74, 6) is 0.577. The molecule has 1 unspecified atom stereocenters. The van der Waals surface area contributed by atoms with Crippen molar-refractivity contribution in [2.24, 2.45) is 5.92 Å². The summed E-state index contributed by atoms with van der Waals surface area (Å²) in [6, 6.07) is 23.1. The standard InChI is InChI=1S/C35H39NO6/c1-40-34(38)30-18-12-26(13-19-30)10-11-27(25-28-15-20-31(21-16-28)35(39)41-2)14-17-29-7-3-4-8-32(29)42-24-6-23-36-22-5-9-33(36)37/h3-4,7-8,12-21,27H,5-6,9-11,22-25H2,1-2H3. The van der Waals surface area contributed by atoms with Crippen molar-refractivity contribution in [2.45, 2.75) is 38.5 Å². The summed E-state index contributed by atoms with van der Waals surface area (Å²) in [5, 5.41) is 0. The molecule has 1 amide bonds. The highest BCUT2D eigenvalue weighted by molar-refractivity contribution is 5.89. The third kappa shape index (κ3) is 8.80. The molecule has 3 aromatic rings. The Kier molecular flexibility index (Phi) is 11.3. The van der Waals surface area contributed by atoms with Crippen molar-refractivity contribution in [3.8, 4) is 5.75 Å². The maximum atomic E-state index is 11.9. The number of para-hydroxylation sites is 1. The number of benzene rings is 3. The van der Waals surface area contributed by atoms with Crippen molar-refractivity contribution >= 4 is 23.9 Å². The lowest BCUT2D eigenvalue weighted by atomic mass is 9.91. The monoisotopic (exact) mass is 569 g/mol. The van der Waals surface area contributed by atoms with E-state index in [1.807, 2.05) is 53.4 Å². The molecule has 0 aliphatic carbocycles. The molecule has 1 fully saturated rings. The molecule has 3 aromatic carbocycles. The number of likely N-dealkylation sites (tertiary alicyclic amines) is 1. The van der Waals surface area contributed by atoms with Crippen molar-refractivity contribution in [2.75, 3.05) is 33.9 Å². The fourth-order valence-corrected chi connectivity index (χ4v) is 5.11. The Balaban J connectivity index is 1.43. The van der Waals surface area contributed by atoms with E-state index in [1.54, 1.807) is 24.3 Å². The third-order valence-electron chi connectivity index (χ3n) is 7.52. The number of amides is 1. The fourth-order valence-electron chi connectivity index (χ4n) is 5.11. The summed E-state index contributed by atoms with van der Waals surface area (Å²) in [6.45, 7) is 2.13. The number of hydrogen-bond acceptors (Lipinski definition) is 6. The van der Waals surface area contributed by atoms with E-state index in [0.29, 0.717) is 24.2 Å². The van der Waals surface area contributed by atoms with E-state index in [9.17, 15) is 14.4 Å². The van der Waals surface area contributed by atoms with Gasteiger partial charge in [0, 0.05) is 25.1 Å². The number of ether oxygens (including phenoxy) is 3. The van der Waals surface area contributed by atoms with Gasteiger partial charge in [-0.05, 0) is 79.5 Å². The van der Waals surface area contributed by atoms with Gasteiger partial charge < -0.3 is 19.1 Å². The first-order valence-electron chi connectivity index (χ1n) is 14.5. The molecule has 1 heterocycles. The zero-order valence-electron chi connectivity index (χ0n) is 24.4. The van der Waals surface area contributed by atoms with Crippen LogP contribution in [-0.2, 0) is 27.1 Å². The largest absolute Gasteiger partial charge is 0.493 e. The molecule has 1 aliphatic heterocycles. The number of allylic oxidation sites excluding steroid dienone is 1. The van der Waals surface area contributed by atoms with Crippen molar-refractivity contribution in [1.82, 2.24) is 4.90 Å². The van der Waals surface area contributed by atoms with Crippen LogP contribution in [0.2, 0.25) is 0 Å². The number of rotatable bonds is 14. The molecular weight excluding hydrogens is 530 g/mol. The van der Waals surface area contributed by atoms with E-state index in [4.69, 9.17) is 14.2 Å². The van der Waals surface area contributed by atoms with Gasteiger partial charge in [-0.15, -0.1) is 0 Å². The molecule has 0 N–H and O–H groups in total. The van der Waals surface area contributed by atoms with Crippen LogP contribution >= 0.6 is 0 Å². The Morgan fingerprint density at radius 3 is 2.14 bits per heavy atom. The highest BCUT2D eigenvalue weighted by Crippen LogP contribution is 2.24. The van der Waals surface area contributed by atoms with Gasteiger partial charge in [0.1, 0.15) is 5.75 Å². The molecule has 4 rings (SSSR count). The van der Waals surface area contributed by atoms with Gasteiger partial charge in [0.05, 0.1) is 32.0 Å². The highest BCUT2D eigenvalue weighted by atomic mass is 16.5. The molecular formula is C35H39NO6. The van der Waals surface area contributed by atoms with Crippen LogP contribution in [0.25, 0.3) is 6.08 Å². The van der Waals surface area contributed by atoms with E-state index >= 15 is 0 Å². The lowest BCUT2D eigenvalue weighted by Gasteiger charge is -2.16. The lowest BCUT2D eigenvalue weighted by molar-refractivity contribution is -0.127. The summed E-state index contributed by atoms with van der Waals surface area (Å²) >= 11 is 0. The van der Waals surface area contributed by atoms with E-state index in [0.717, 1.165) is 67.6 Å². The number of methoxy groups -OCH3 is 2. The minimum absolute atomic E-state index is 0.212. The Morgan fingerprint density at radius 2 is 1.52 bits per heavy atom. The maximum absolute atomic E-state index is 11.9. The molecule has 1 aliphatic rings. The van der Waals surface area contributed by atoms with Gasteiger partial charge >= 0.3 is 11.9 Å². The number of esters is 2. The van der Waals surface area contributed by atoms with E-state index < -0.39 is 0 Å². The first-order chi connectivity index (χ1) is 20.5. The molecule has 0 bridgehead atoms. The number of hydrogen-bond donors (Lipinski definition) is 0. The third-order valence-corrected chi connectivity index (χ3v) is 7.52. The smallest absolute Gasteiger partial charge is 0.337 e. The maximum Gasteiger partial charge on any atom is 0.337 e. The Labute approximate surface area is 248 Å². The minimum Gasteiger partial charge on any atom is -0.493 e. The van der Waals surface area contributed by atoms with Crippen LogP contribution in [0.3, 0.4) is 0 Å². The molecule has 42 heavy (non-hydrogen) atoms. The quantitative estimate of drug-likeness (QED) is 0.171. The average molecular weight is 570 g/mol. The second kappa shape index (κ2) is 15.6. The second-order valence-corrected chi connectivity index (χ2v) is 10.5. The Bertz CT molecular complexity index is 1360. The first kappa shape index (κ1) is 30.6. The number of nitrogens with zero attached hydrogens (tertiary/aromatic N) is 1. The van der Waals surface area contributed by atoms with Gasteiger partial charge in [0.25, 0.3) is 0 Å². The van der Waals surface area contributed by atoms with E-state index in [2.05, 4.69) is 12.2 Å². The normalized spacial score (nSPS) is 13.8. The van der Waals surface area contributed by atoms with Gasteiger partial charge in [0.2, 0.25) is 5.91 Å². The molecule has 220 valence electrons. The highest BCUT2D eigenvalue weighted by Gasteiger charge is 2.19. The number of aryl methyl sites for hydroxylation is 1. The van der Waals surface area contributed by atoms with Crippen LogP contribution < -0.4 is 4.74 Å². The van der Waals surface area contributed by atoms with Crippen LogP contribution in [-0.4, -0.2) is 56.7 Å². The van der Waals surface area contributed by atoms with E-state index in [-0.39, 0.29) is 23.8 Å². The van der Waals surface area contributed by atoms with Crippen molar-refractivity contribution < 1.29 is 28.6 Å². The van der Waals surface area contributed by atoms with Gasteiger partial charge in [0.15, 0.2) is 0 Å². The van der Waals surface area contributed by atoms with Crippen LogP contribution in [0.4, 0.5) is 0 Å². The Morgan fingerprint density at radius 1 is 0.881 bits per heavy atom. The molecule has 0 spiro atoms. The van der Waals surface area contributed by atoms with Crippen molar-refractivity contribution in [3.05, 3.63) is 107 Å².